The lowest BCUT2D eigenvalue weighted by Gasteiger charge is -2.52. The van der Waals surface area contributed by atoms with Gasteiger partial charge in [-0.15, -0.1) is 0 Å². The Balaban J connectivity index is 1.53. The number of hydrogen-bond acceptors (Lipinski definition) is 2. The fourth-order valence-electron chi connectivity index (χ4n) is 7.44. The van der Waals surface area contributed by atoms with E-state index in [0.717, 1.165) is 46.7 Å². The van der Waals surface area contributed by atoms with Gasteiger partial charge in [0, 0.05) is 10.00 Å². The molecule has 23 heavy (non-hydrogen) atoms. The van der Waals surface area contributed by atoms with Gasteiger partial charge in [0.25, 0.3) is 0 Å². The van der Waals surface area contributed by atoms with Gasteiger partial charge in [0.15, 0.2) is 0 Å². The lowest BCUT2D eigenvalue weighted by Crippen LogP contribution is -2.47. The van der Waals surface area contributed by atoms with Gasteiger partial charge >= 0.3 is 0 Å². The smallest absolute Gasteiger partial charge is 0.0104 e. The van der Waals surface area contributed by atoms with Gasteiger partial charge in [0.05, 0.1) is 0 Å². The molecule has 0 aromatic heterocycles. The van der Waals surface area contributed by atoms with Gasteiger partial charge in [-0.3, -0.25) is 0 Å². The number of fused-ring (bicyclic) bond motifs is 8. The van der Waals surface area contributed by atoms with E-state index in [-0.39, 0.29) is 0 Å². The molecule has 132 valence electrons. The average Bonchev–Trinajstić information content (AvgIpc) is 3.07. The van der Waals surface area contributed by atoms with Crippen molar-refractivity contribution in [3.8, 4) is 0 Å². The van der Waals surface area contributed by atoms with E-state index in [1.54, 1.807) is 12.8 Å². The molecular weight excluding hydrogens is 316 g/mol. The van der Waals surface area contributed by atoms with Gasteiger partial charge in [-0.05, 0) is 92.1 Å². The van der Waals surface area contributed by atoms with Crippen LogP contribution in [0.25, 0.3) is 0 Å². The summed E-state index contributed by atoms with van der Waals surface area (Å²) in [5, 5.41) is 0.977. The minimum Gasteiger partial charge on any atom is -0.173 e. The standard InChI is InChI=1S/C21H36S2/c1-4-8-23-14-9-13(5-2)20-17(10-14)16-11-18(20)15-6-7-21(3,22)12-19(15)16/h13-20,22H,4-12H2,1-3H3. The van der Waals surface area contributed by atoms with Crippen LogP contribution in [0.2, 0.25) is 0 Å². The Hall–Kier alpha value is 0.700. The van der Waals surface area contributed by atoms with Crippen molar-refractivity contribution >= 4 is 24.4 Å². The third-order valence-corrected chi connectivity index (χ3v) is 10.1. The SMILES string of the molecule is CCCSC1CC(CC)C2C(C1)C1CC2C2CCC(C)(S)CC12. The molecule has 4 fully saturated rings. The molecule has 9 atom stereocenters. The van der Waals surface area contributed by atoms with Crippen LogP contribution < -0.4 is 0 Å². The molecule has 4 aliphatic carbocycles. The summed E-state index contributed by atoms with van der Waals surface area (Å²) in [6.07, 6.45) is 11.7. The van der Waals surface area contributed by atoms with Crippen molar-refractivity contribution in [3.05, 3.63) is 0 Å². The maximum absolute atomic E-state index is 5.01. The third kappa shape index (κ3) is 2.92. The van der Waals surface area contributed by atoms with Crippen LogP contribution in [0.15, 0.2) is 0 Å². The molecule has 0 saturated heterocycles. The maximum Gasteiger partial charge on any atom is 0.0104 e. The summed E-state index contributed by atoms with van der Waals surface area (Å²) in [4.78, 5) is 0. The molecule has 0 aromatic rings. The van der Waals surface area contributed by atoms with Crippen LogP contribution in [0.1, 0.15) is 72.1 Å². The molecule has 0 spiro atoms. The molecule has 4 rings (SSSR count). The van der Waals surface area contributed by atoms with Gasteiger partial charge in [0.1, 0.15) is 0 Å². The summed E-state index contributed by atoms with van der Waals surface area (Å²) in [6.45, 7) is 7.22. The maximum atomic E-state index is 5.01. The van der Waals surface area contributed by atoms with Crippen molar-refractivity contribution in [2.45, 2.75) is 82.1 Å². The van der Waals surface area contributed by atoms with Gasteiger partial charge in [0.2, 0.25) is 0 Å². The minimum atomic E-state index is 0.330. The number of rotatable bonds is 4. The number of thioether (sulfide) groups is 1. The highest BCUT2D eigenvalue weighted by Gasteiger charge is 2.62. The van der Waals surface area contributed by atoms with Crippen molar-refractivity contribution in [2.24, 2.45) is 41.4 Å². The van der Waals surface area contributed by atoms with Crippen LogP contribution in [0.5, 0.6) is 0 Å². The molecule has 0 amide bonds. The van der Waals surface area contributed by atoms with Crippen LogP contribution in [0.3, 0.4) is 0 Å². The van der Waals surface area contributed by atoms with E-state index >= 15 is 0 Å². The van der Waals surface area contributed by atoms with Crippen molar-refractivity contribution in [1.82, 2.24) is 0 Å². The van der Waals surface area contributed by atoms with Gasteiger partial charge in [-0.1, -0.05) is 27.2 Å². The monoisotopic (exact) mass is 352 g/mol. The Bertz CT molecular complexity index is 432. The second-order valence-corrected chi connectivity index (χ2v) is 12.0. The highest BCUT2D eigenvalue weighted by atomic mass is 32.2. The molecule has 4 saturated carbocycles. The van der Waals surface area contributed by atoms with E-state index in [4.69, 9.17) is 12.6 Å². The average molecular weight is 353 g/mol. The molecule has 2 heteroatoms. The zero-order valence-electron chi connectivity index (χ0n) is 15.3. The Morgan fingerprint density at radius 2 is 1.78 bits per heavy atom. The number of hydrogen-bond donors (Lipinski definition) is 1. The fraction of sp³-hybridized carbons (Fsp3) is 1.00. The van der Waals surface area contributed by atoms with Crippen LogP contribution in [-0.2, 0) is 0 Å². The minimum absolute atomic E-state index is 0.330. The van der Waals surface area contributed by atoms with Crippen LogP contribution in [-0.4, -0.2) is 15.7 Å². The zero-order chi connectivity index (χ0) is 16.2. The topological polar surface area (TPSA) is 0 Å². The molecule has 0 nitrogen and oxygen atoms in total. The molecule has 0 radical (unpaired) electrons. The predicted molar refractivity (Wildman–Crippen MR) is 106 cm³/mol. The summed E-state index contributed by atoms with van der Waals surface area (Å²) in [7, 11) is 0. The summed E-state index contributed by atoms with van der Waals surface area (Å²) < 4.78 is 0.330. The molecule has 2 bridgehead atoms. The Labute approximate surface area is 153 Å². The lowest BCUT2D eigenvalue weighted by atomic mass is 9.55. The lowest BCUT2D eigenvalue weighted by molar-refractivity contribution is 0.000768. The summed E-state index contributed by atoms with van der Waals surface area (Å²) in [5.74, 6) is 8.89. The normalized spacial score (nSPS) is 54.8. The van der Waals surface area contributed by atoms with Gasteiger partial charge in [-0.2, -0.15) is 24.4 Å². The van der Waals surface area contributed by atoms with Gasteiger partial charge < -0.3 is 0 Å². The van der Waals surface area contributed by atoms with Gasteiger partial charge in [-0.25, -0.2) is 0 Å². The van der Waals surface area contributed by atoms with E-state index in [2.05, 4.69) is 32.5 Å². The number of thiol groups is 1. The second kappa shape index (κ2) is 6.45. The highest BCUT2D eigenvalue weighted by Crippen LogP contribution is 2.68. The van der Waals surface area contributed by atoms with Crippen molar-refractivity contribution in [3.63, 3.8) is 0 Å². The van der Waals surface area contributed by atoms with Crippen LogP contribution in [0, 0.1) is 41.4 Å². The molecule has 0 heterocycles. The first kappa shape index (κ1) is 17.1. The Morgan fingerprint density at radius 1 is 1.00 bits per heavy atom. The van der Waals surface area contributed by atoms with E-state index in [1.165, 1.54) is 44.3 Å². The predicted octanol–water partition coefficient (Wildman–Crippen LogP) is 6.31. The van der Waals surface area contributed by atoms with E-state index in [0.29, 0.717) is 4.75 Å². The Morgan fingerprint density at radius 3 is 2.52 bits per heavy atom. The molecule has 0 N–H and O–H groups in total. The Kier molecular flexibility index (Phi) is 4.81. The summed E-state index contributed by atoms with van der Waals surface area (Å²) >= 11 is 7.31. The summed E-state index contributed by atoms with van der Waals surface area (Å²) in [6, 6.07) is 0. The molecule has 0 aliphatic heterocycles. The first-order valence-electron chi connectivity index (χ1n) is 10.4. The summed E-state index contributed by atoms with van der Waals surface area (Å²) in [5.41, 5.74) is 0. The highest BCUT2D eigenvalue weighted by molar-refractivity contribution is 7.99. The van der Waals surface area contributed by atoms with Crippen LogP contribution in [0.4, 0.5) is 0 Å². The van der Waals surface area contributed by atoms with Crippen LogP contribution >= 0.6 is 24.4 Å². The zero-order valence-corrected chi connectivity index (χ0v) is 17.0. The van der Waals surface area contributed by atoms with E-state index in [9.17, 15) is 0 Å². The largest absolute Gasteiger partial charge is 0.173 e. The van der Waals surface area contributed by atoms with E-state index < -0.39 is 0 Å². The fourth-order valence-corrected chi connectivity index (χ4v) is 9.09. The molecule has 4 aliphatic rings. The first-order valence-corrected chi connectivity index (χ1v) is 11.9. The quantitative estimate of drug-likeness (QED) is 0.579. The molecule has 9 unspecified atom stereocenters. The van der Waals surface area contributed by atoms with Crippen molar-refractivity contribution < 1.29 is 0 Å². The molecule has 0 aromatic carbocycles. The van der Waals surface area contributed by atoms with Crippen molar-refractivity contribution in [1.29, 1.82) is 0 Å². The van der Waals surface area contributed by atoms with Crippen molar-refractivity contribution in [2.75, 3.05) is 5.75 Å². The van der Waals surface area contributed by atoms with E-state index in [1.807, 2.05) is 0 Å². The second-order valence-electron chi connectivity index (χ2n) is 9.50. The first-order chi connectivity index (χ1) is 11.0. The third-order valence-electron chi connectivity index (χ3n) is 8.15. The molecular formula is C21H36S2.